The molecule has 90 valence electrons. The Morgan fingerprint density at radius 1 is 1.44 bits per heavy atom. The van der Waals surface area contributed by atoms with E-state index in [1.807, 2.05) is 13.0 Å². The first kappa shape index (κ1) is 13.1. The quantitative estimate of drug-likeness (QED) is 0.596. The van der Waals surface area contributed by atoms with Crippen LogP contribution in [0.1, 0.15) is 43.9 Å². The van der Waals surface area contributed by atoms with E-state index < -0.39 is 0 Å². The van der Waals surface area contributed by atoms with Crippen LogP contribution >= 0.6 is 0 Å². The van der Waals surface area contributed by atoms with Gasteiger partial charge in [-0.3, -0.25) is 11.3 Å². The molecule has 0 radical (unpaired) electrons. The lowest BCUT2D eigenvalue weighted by Gasteiger charge is -2.24. The normalized spacial score (nSPS) is 14.8. The third-order valence-electron chi connectivity index (χ3n) is 2.98. The molecule has 1 aromatic carbocycles. The second kappa shape index (κ2) is 5.97. The number of nitrogens with two attached hydrogens (primary N) is 1. The van der Waals surface area contributed by atoms with Crippen molar-refractivity contribution in [1.29, 1.82) is 0 Å². The van der Waals surface area contributed by atoms with Crippen molar-refractivity contribution in [3.05, 3.63) is 35.1 Å². The maximum atomic E-state index is 13.7. The van der Waals surface area contributed by atoms with Crippen LogP contribution in [0.2, 0.25) is 0 Å². The van der Waals surface area contributed by atoms with E-state index in [9.17, 15) is 4.39 Å². The molecule has 0 aliphatic rings. The lowest BCUT2D eigenvalue weighted by molar-refractivity contribution is 0.357. The molecule has 0 aliphatic heterocycles. The molecule has 3 N–H and O–H groups in total. The minimum atomic E-state index is -0.184. The fourth-order valence-corrected chi connectivity index (χ4v) is 2.08. The van der Waals surface area contributed by atoms with E-state index in [0.29, 0.717) is 11.5 Å². The van der Waals surface area contributed by atoms with Crippen molar-refractivity contribution in [2.24, 2.45) is 11.8 Å². The smallest absolute Gasteiger partial charge is 0.128 e. The van der Waals surface area contributed by atoms with Gasteiger partial charge in [0.2, 0.25) is 0 Å². The first-order valence-electron chi connectivity index (χ1n) is 5.82. The molecule has 0 fully saturated rings. The predicted octanol–water partition coefficient (Wildman–Crippen LogP) is 3.07. The summed E-state index contributed by atoms with van der Waals surface area (Å²) in [6.45, 7) is 6.17. The lowest BCUT2D eigenvalue weighted by Crippen LogP contribution is -2.33. The summed E-state index contributed by atoms with van der Waals surface area (Å²) < 4.78 is 13.7. The van der Waals surface area contributed by atoms with E-state index in [1.165, 1.54) is 6.07 Å². The molecular formula is C13H21FN2. The molecule has 0 saturated carbocycles. The Bertz CT molecular complexity index is 339. The summed E-state index contributed by atoms with van der Waals surface area (Å²) in [5.41, 5.74) is 4.46. The average Bonchev–Trinajstić information content (AvgIpc) is 2.24. The van der Waals surface area contributed by atoms with Crippen LogP contribution < -0.4 is 11.3 Å². The van der Waals surface area contributed by atoms with Gasteiger partial charge in [-0.15, -0.1) is 0 Å². The minimum Gasteiger partial charge on any atom is -0.271 e. The summed E-state index contributed by atoms with van der Waals surface area (Å²) in [6.07, 6.45) is 2.11. The summed E-state index contributed by atoms with van der Waals surface area (Å²) >= 11 is 0. The average molecular weight is 224 g/mol. The van der Waals surface area contributed by atoms with Gasteiger partial charge >= 0.3 is 0 Å². The Kier molecular flexibility index (Phi) is 4.90. The molecule has 0 amide bonds. The Morgan fingerprint density at radius 2 is 2.12 bits per heavy atom. The van der Waals surface area contributed by atoms with Crippen molar-refractivity contribution in [1.82, 2.24) is 5.43 Å². The monoisotopic (exact) mass is 224 g/mol. The Morgan fingerprint density at radius 3 is 2.69 bits per heavy atom. The van der Waals surface area contributed by atoms with E-state index in [1.54, 1.807) is 6.07 Å². The molecule has 0 heterocycles. The molecule has 16 heavy (non-hydrogen) atoms. The van der Waals surface area contributed by atoms with E-state index >= 15 is 0 Å². The maximum Gasteiger partial charge on any atom is 0.128 e. The highest BCUT2D eigenvalue weighted by Gasteiger charge is 2.20. The van der Waals surface area contributed by atoms with Crippen molar-refractivity contribution < 1.29 is 4.39 Å². The number of hydrazine groups is 1. The largest absolute Gasteiger partial charge is 0.271 e. The highest BCUT2D eigenvalue weighted by molar-refractivity contribution is 5.27. The van der Waals surface area contributed by atoms with Gasteiger partial charge in [-0.2, -0.15) is 0 Å². The van der Waals surface area contributed by atoms with E-state index in [2.05, 4.69) is 19.3 Å². The number of rotatable bonds is 5. The van der Waals surface area contributed by atoms with Gasteiger partial charge in [-0.25, -0.2) is 4.39 Å². The van der Waals surface area contributed by atoms with Gasteiger partial charge < -0.3 is 0 Å². The topological polar surface area (TPSA) is 38.0 Å². The van der Waals surface area contributed by atoms with Crippen molar-refractivity contribution in [3.63, 3.8) is 0 Å². The van der Waals surface area contributed by atoms with Crippen molar-refractivity contribution >= 4 is 0 Å². The van der Waals surface area contributed by atoms with E-state index in [-0.39, 0.29) is 11.9 Å². The predicted molar refractivity (Wildman–Crippen MR) is 65.3 cm³/mol. The highest BCUT2D eigenvalue weighted by Crippen LogP contribution is 2.27. The molecule has 1 aromatic rings. The first-order valence-corrected chi connectivity index (χ1v) is 5.82. The summed E-state index contributed by atoms with van der Waals surface area (Å²) in [5.74, 6) is 5.68. The molecule has 1 rings (SSSR count). The third kappa shape index (κ3) is 3.03. The Labute approximate surface area is 97.0 Å². The molecular weight excluding hydrogens is 203 g/mol. The van der Waals surface area contributed by atoms with Crippen LogP contribution in [0.4, 0.5) is 4.39 Å². The fourth-order valence-electron chi connectivity index (χ4n) is 2.08. The summed E-state index contributed by atoms with van der Waals surface area (Å²) in [6, 6.07) is 5.04. The van der Waals surface area contributed by atoms with Crippen LogP contribution in [0.3, 0.4) is 0 Å². The molecule has 0 aromatic heterocycles. The number of hydrogen-bond acceptors (Lipinski definition) is 2. The fraction of sp³-hybridized carbons (Fsp3) is 0.538. The zero-order chi connectivity index (χ0) is 12.1. The molecule has 0 saturated heterocycles. The number of benzene rings is 1. The molecule has 2 atom stereocenters. The molecule has 0 aliphatic carbocycles. The second-order valence-electron chi connectivity index (χ2n) is 4.44. The van der Waals surface area contributed by atoms with Gasteiger partial charge in [0.25, 0.3) is 0 Å². The molecule has 2 unspecified atom stereocenters. The number of hydrogen-bond donors (Lipinski definition) is 2. The molecule has 3 heteroatoms. The van der Waals surface area contributed by atoms with Gasteiger partial charge in [0, 0.05) is 5.56 Å². The standard InChI is InChI=1S/C13H21FN2/c1-4-5-10(3)13(16-15)11-8-9(2)6-7-12(11)14/h6-8,10,13,16H,4-5,15H2,1-3H3. The summed E-state index contributed by atoms with van der Waals surface area (Å²) in [4.78, 5) is 0. The van der Waals surface area contributed by atoms with Gasteiger partial charge in [-0.1, -0.05) is 38.0 Å². The van der Waals surface area contributed by atoms with Crippen molar-refractivity contribution in [3.8, 4) is 0 Å². The van der Waals surface area contributed by atoms with Crippen LogP contribution in [0.25, 0.3) is 0 Å². The first-order chi connectivity index (χ1) is 7.60. The summed E-state index contributed by atoms with van der Waals surface area (Å²) in [7, 11) is 0. The van der Waals surface area contributed by atoms with Crippen molar-refractivity contribution in [2.45, 2.75) is 39.7 Å². The minimum absolute atomic E-state index is 0.111. The SMILES string of the molecule is CCCC(C)C(NN)c1cc(C)ccc1F. The van der Waals surface area contributed by atoms with Gasteiger partial charge in [0.1, 0.15) is 5.82 Å². The number of nitrogens with one attached hydrogen (secondary N) is 1. The van der Waals surface area contributed by atoms with E-state index in [4.69, 9.17) is 5.84 Å². The van der Waals surface area contributed by atoms with Crippen LogP contribution in [-0.2, 0) is 0 Å². The van der Waals surface area contributed by atoms with Crippen LogP contribution in [0.15, 0.2) is 18.2 Å². The molecule has 0 bridgehead atoms. The zero-order valence-corrected chi connectivity index (χ0v) is 10.3. The van der Waals surface area contributed by atoms with Gasteiger partial charge in [0.05, 0.1) is 6.04 Å². The Balaban J connectivity index is 2.98. The van der Waals surface area contributed by atoms with Crippen molar-refractivity contribution in [2.75, 3.05) is 0 Å². The maximum absolute atomic E-state index is 13.7. The van der Waals surface area contributed by atoms with Gasteiger partial charge in [0.15, 0.2) is 0 Å². The Hall–Kier alpha value is -0.930. The zero-order valence-electron chi connectivity index (χ0n) is 10.3. The van der Waals surface area contributed by atoms with Crippen LogP contribution in [0, 0.1) is 18.7 Å². The number of aryl methyl sites for hydroxylation is 1. The molecule has 0 spiro atoms. The van der Waals surface area contributed by atoms with Gasteiger partial charge in [-0.05, 0) is 25.3 Å². The number of halogens is 1. The lowest BCUT2D eigenvalue weighted by atomic mass is 9.90. The summed E-state index contributed by atoms with van der Waals surface area (Å²) in [5, 5.41) is 0. The third-order valence-corrected chi connectivity index (χ3v) is 2.98. The van der Waals surface area contributed by atoms with E-state index in [0.717, 1.165) is 18.4 Å². The van der Waals surface area contributed by atoms with Crippen LogP contribution in [-0.4, -0.2) is 0 Å². The van der Waals surface area contributed by atoms with Crippen LogP contribution in [0.5, 0.6) is 0 Å². The second-order valence-corrected chi connectivity index (χ2v) is 4.44. The highest BCUT2D eigenvalue weighted by atomic mass is 19.1. The molecule has 2 nitrogen and oxygen atoms in total.